The number of hydrogen-bond donors (Lipinski definition) is 0. The van der Waals surface area contributed by atoms with Crippen LogP contribution < -0.4 is 4.90 Å². The number of aromatic nitrogens is 2. The molecule has 102 valence electrons. The Morgan fingerprint density at radius 1 is 1.26 bits per heavy atom. The summed E-state index contributed by atoms with van der Waals surface area (Å²) in [6, 6.07) is 3.71. The van der Waals surface area contributed by atoms with Gasteiger partial charge in [-0.1, -0.05) is 11.6 Å². The molecule has 0 atom stereocenters. The predicted octanol–water partition coefficient (Wildman–Crippen LogP) is 3.40. The van der Waals surface area contributed by atoms with Crippen molar-refractivity contribution >= 4 is 17.4 Å². The fourth-order valence-electron chi connectivity index (χ4n) is 2.69. The van der Waals surface area contributed by atoms with Crippen molar-refractivity contribution in [2.75, 3.05) is 18.5 Å². The molecule has 0 bridgehead atoms. The Hall–Kier alpha value is -1.27. The summed E-state index contributed by atoms with van der Waals surface area (Å²) in [5, 5.41) is 8.44. The van der Waals surface area contributed by atoms with E-state index in [4.69, 9.17) is 11.6 Å². The van der Waals surface area contributed by atoms with Gasteiger partial charge in [-0.15, -0.1) is 22.0 Å². The molecule has 0 radical (unpaired) electrons. The van der Waals surface area contributed by atoms with Gasteiger partial charge in [0.25, 0.3) is 0 Å². The van der Waals surface area contributed by atoms with Gasteiger partial charge >= 0.3 is 0 Å². The van der Waals surface area contributed by atoms with E-state index in [0.717, 1.165) is 18.3 Å². The van der Waals surface area contributed by atoms with Crippen molar-refractivity contribution in [1.82, 2.24) is 10.2 Å². The molecule has 1 aromatic heterocycles. The molecular formula is C15H20ClN3. The largest absolute Gasteiger partial charge is 0.358 e. The Bertz CT molecular complexity index is 453. The monoisotopic (exact) mass is 277 g/mol. The highest BCUT2D eigenvalue weighted by atomic mass is 35.5. The maximum absolute atomic E-state index is 5.75. The third-order valence-corrected chi connectivity index (χ3v) is 3.94. The van der Waals surface area contributed by atoms with Gasteiger partial charge < -0.3 is 4.90 Å². The summed E-state index contributed by atoms with van der Waals surface area (Å²) in [5.74, 6) is 8.56. The number of nitrogens with zero attached hydrogens (tertiary/aromatic N) is 3. The molecule has 0 spiro atoms. The van der Waals surface area contributed by atoms with E-state index in [2.05, 4.69) is 34.0 Å². The van der Waals surface area contributed by atoms with Gasteiger partial charge in [0.15, 0.2) is 11.0 Å². The Labute approximate surface area is 120 Å². The second-order valence-corrected chi connectivity index (χ2v) is 5.59. The van der Waals surface area contributed by atoms with E-state index in [1.165, 1.54) is 25.7 Å². The predicted molar refractivity (Wildman–Crippen MR) is 79.2 cm³/mol. The van der Waals surface area contributed by atoms with Gasteiger partial charge in [0.05, 0.1) is 0 Å². The van der Waals surface area contributed by atoms with Crippen LogP contribution in [0.4, 0.5) is 5.82 Å². The second kappa shape index (κ2) is 6.77. The topological polar surface area (TPSA) is 29.0 Å². The van der Waals surface area contributed by atoms with E-state index in [9.17, 15) is 0 Å². The standard InChI is InChI=1S/C15H20ClN3/c1-3-4-12-5-7-13(8-6-12)11-19(2)15-10-9-14(16)17-18-15/h9-10,12-13H,5-8,11H2,1-2H3. The minimum absolute atomic E-state index is 0.441. The van der Waals surface area contributed by atoms with Gasteiger partial charge in [-0.2, -0.15) is 0 Å². The number of halogens is 1. The van der Waals surface area contributed by atoms with Gasteiger partial charge in [-0.3, -0.25) is 0 Å². The third-order valence-electron chi connectivity index (χ3n) is 3.74. The van der Waals surface area contributed by atoms with E-state index < -0.39 is 0 Å². The minimum Gasteiger partial charge on any atom is -0.358 e. The molecule has 1 aliphatic carbocycles. The van der Waals surface area contributed by atoms with Crippen LogP contribution in [0, 0.1) is 23.7 Å². The maximum atomic E-state index is 5.75. The van der Waals surface area contributed by atoms with Crippen molar-refractivity contribution in [3.63, 3.8) is 0 Å². The highest BCUT2D eigenvalue weighted by molar-refractivity contribution is 6.29. The van der Waals surface area contributed by atoms with Crippen LogP contribution in [0.15, 0.2) is 12.1 Å². The smallest absolute Gasteiger partial charge is 0.151 e. The van der Waals surface area contributed by atoms with E-state index in [1.807, 2.05) is 13.0 Å². The van der Waals surface area contributed by atoms with E-state index in [-0.39, 0.29) is 0 Å². The molecule has 1 fully saturated rings. The minimum atomic E-state index is 0.441. The lowest BCUT2D eigenvalue weighted by Gasteiger charge is -2.29. The summed E-state index contributed by atoms with van der Waals surface area (Å²) in [4.78, 5) is 2.17. The Morgan fingerprint density at radius 2 is 2.00 bits per heavy atom. The van der Waals surface area contributed by atoms with Gasteiger partial charge in [-0.05, 0) is 50.7 Å². The molecule has 4 heteroatoms. The fraction of sp³-hybridized carbons (Fsp3) is 0.600. The molecule has 1 aliphatic rings. The van der Waals surface area contributed by atoms with E-state index in [1.54, 1.807) is 6.07 Å². The van der Waals surface area contributed by atoms with Crippen LogP contribution in [0.1, 0.15) is 32.6 Å². The molecule has 0 aromatic carbocycles. The van der Waals surface area contributed by atoms with Gasteiger partial charge in [0.1, 0.15) is 0 Å². The number of anilines is 1. The highest BCUT2D eigenvalue weighted by Gasteiger charge is 2.21. The first kappa shape index (κ1) is 14.1. The van der Waals surface area contributed by atoms with Gasteiger partial charge in [-0.25, -0.2) is 0 Å². The molecular weight excluding hydrogens is 258 g/mol. The number of rotatable bonds is 3. The van der Waals surface area contributed by atoms with E-state index in [0.29, 0.717) is 11.1 Å². The van der Waals surface area contributed by atoms with Crippen LogP contribution in [0.25, 0.3) is 0 Å². The van der Waals surface area contributed by atoms with Crippen LogP contribution >= 0.6 is 11.6 Å². The van der Waals surface area contributed by atoms with Crippen molar-refractivity contribution in [2.24, 2.45) is 11.8 Å². The molecule has 3 nitrogen and oxygen atoms in total. The Balaban J connectivity index is 1.84. The van der Waals surface area contributed by atoms with Crippen LogP contribution in [0.2, 0.25) is 5.15 Å². The molecule has 19 heavy (non-hydrogen) atoms. The van der Waals surface area contributed by atoms with Gasteiger partial charge in [0, 0.05) is 19.5 Å². The summed E-state index contributed by atoms with van der Waals surface area (Å²) in [7, 11) is 2.07. The van der Waals surface area contributed by atoms with Crippen molar-refractivity contribution in [2.45, 2.75) is 32.6 Å². The average molecular weight is 278 g/mol. The maximum Gasteiger partial charge on any atom is 0.151 e. The summed E-state index contributed by atoms with van der Waals surface area (Å²) < 4.78 is 0. The zero-order chi connectivity index (χ0) is 13.7. The Morgan fingerprint density at radius 3 is 2.58 bits per heavy atom. The average Bonchev–Trinajstić information content (AvgIpc) is 2.42. The molecule has 1 aromatic rings. The van der Waals surface area contributed by atoms with Crippen molar-refractivity contribution in [3.05, 3.63) is 17.3 Å². The SMILES string of the molecule is CC#CC1CCC(CN(C)c2ccc(Cl)nn2)CC1. The highest BCUT2D eigenvalue weighted by Crippen LogP contribution is 2.29. The van der Waals surface area contributed by atoms with E-state index >= 15 is 0 Å². The molecule has 0 amide bonds. The van der Waals surface area contributed by atoms with Gasteiger partial charge in [0.2, 0.25) is 0 Å². The molecule has 0 aliphatic heterocycles. The quantitative estimate of drug-likeness (QED) is 0.793. The number of hydrogen-bond acceptors (Lipinski definition) is 3. The first-order valence-corrected chi connectivity index (χ1v) is 7.19. The van der Waals surface area contributed by atoms with Crippen LogP contribution in [-0.2, 0) is 0 Å². The lowest BCUT2D eigenvalue weighted by molar-refractivity contribution is 0.320. The Kier molecular flexibility index (Phi) is 5.04. The lowest BCUT2D eigenvalue weighted by atomic mass is 9.82. The van der Waals surface area contributed by atoms with Crippen molar-refractivity contribution in [3.8, 4) is 11.8 Å². The molecule has 1 saturated carbocycles. The van der Waals surface area contributed by atoms with Crippen molar-refractivity contribution in [1.29, 1.82) is 0 Å². The van der Waals surface area contributed by atoms with Crippen molar-refractivity contribution < 1.29 is 0 Å². The zero-order valence-electron chi connectivity index (χ0n) is 11.6. The molecule has 0 N–H and O–H groups in total. The summed E-state index contributed by atoms with van der Waals surface area (Å²) >= 11 is 5.75. The molecule has 2 rings (SSSR count). The summed E-state index contributed by atoms with van der Waals surface area (Å²) in [5.41, 5.74) is 0. The molecule has 1 heterocycles. The first-order chi connectivity index (χ1) is 9.19. The molecule has 0 unspecified atom stereocenters. The van der Waals surface area contributed by atoms with Crippen LogP contribution in [0.3, 0.4) is 0 Å². The second-order valence-electron chi connectivity index (χ2n) is 5.21. The van der Waals surface area contributed by atoms with Crippen LogP contribution in [-0.4, -0.2) is 23.8 Å². The first-order valence-electron chi connectivity index (χ1n) is 6.81. The zero-order valence-corrected chi connectivity index (χ0v) is 12.3. The summed E-state index contributed by atoms with van der Waals surface area (Å²) in [6.45, 7) is 2.96. The third kappa shape index (κ3) is 4.11. The van der Waals surface area contributed by atoms with Crippen LogP contribution in [0.5, 0.6) is 0 Å². The lowest BCUT2D eigenvalue weighted by Crippen LogP contribution is -2.29. The molecule has 0 saturated heterocycles. The summed E-state index contributed by atoms with van der Waals surface area (Å²) in [6.07, 6.45) is 4.96. The fourth-order valence-corrected chi connectivity index (χ4v) is 2.79. The normalized spacial score (nSPS) is 22.5.